The molecule has 4 heteroatoms. The Morgan fingerprint density at radius 3 is 1.00 bits per heavy atom. The van der Waals surface area contributed by atoms with Gasteiger partial charge in [0.2, 0.25) is 0 Å². The SMILES string of the molecule is C.[Ge].[Pb].[Si].[Sn]. The summed E-state index contributed by atoms with van der Waals surface area (Å²) in [4.78, 5) is 0. The fraction of sp³-hybridized carbons (Fsp3) is 1.00. The van der Waals surface area contributed by atoms with E-state index in [1.165, 1.54) is 0 Å². The molecule has 0 aliphatic rings. The second kappa shape index (κ2) is 31.6. The van der Waals surface area contributed by atoms with E-state index in [9.17, 15) is 0 Å². The van der Waals surface area contributed by atoms with Gasteiger partial charge >= 0.3 is 0 Å². The van der Waals surface area contributed by atoms with Crippen LogP contribution in [0.15, 0.2) is 0 Å². The predicted molar refractivity (Wildman–Crippen MR) is 29.7 cm³/mol. The van der Waals surface area contributed by atoms with Gasteiger partial charge in [-0.15, -0.1) is 0 Å². The Morgan fingerprint density at radius 1 is 1.00 bits per heavy atom. The van der Waals surface area contributed by atoms with Crippen molar-refractivity contribution in [3.8, 4) is 0 Å². The molecular weight excluding hydrogens is 439 g/mol. The van der Waals surface area contributed by atoms with Crippen LogP contribution in [0.2, 0.25) is 0 Å². The van der Waals surface area contributed by atoms with Gasteiger partial charge in [0.1, 0.15) is 0 Å². The minimum Gasteiger partial charge on any atom is -0.0776 e. The van der Waals surface area contributed by atoms with Crippen LogP contribution < -0.4 is 0 Å². The molecule has 0 N–H and O–H groups in total. The van der Waals surface area contributed by atoms with Gasteiger partial charge in [-0.1, -0.05) is 7.43 Å². The van der Waals surface area contributed by atoms with Gasteiger partial charge in [0.25, 0.3) is 0 Å². The molecule has 0 aliphatic heterocycles. The molecule has 0 unspecified atom stereocenters. The quantitative estimate of drug-likeness (QED) is 0.427. The van der Waals surface area contributed by atoms with Crippen LogP contribution in [0.5, 0.6) is 0 Å². The average molecular weight is 443 g/mol. The first-order chi connectivity index (χ1) is 0. The van der Waals surface area contributed by atoms with Crippen LogP contribution in [0.3, 0.4) is 0 Å². The van der Waals surface area contributed by atoms with E-state index >= 15 is 0 Å². The smallest absolute Gasteiger partial charge is 0 e. The molecule has 0 atom stereocenters. The van der Waals surface area contributed by atoms with Crippen LogP contribution in [0.1, 0.15) is 7.43 Å². The van der Waals surface area contributed by atoms with E-state index in [2.05, 4.69) is 0 Å². The molecule has 0 aromatic rings. The van der Waals surface area contributed by atoms with Crippen molar-refractivity contribution in [3.05, 3.63) is 0 Å². The zero-order chi connectivity index (χ0) is 0. The summed E-state index contributed by atoms with van der Waals surface area (Å²) in [5.74, 6) is 0. The second-order valence-electron chi connectivity index (χ2n) is 0. The van der Waals surface area contributed by atoms with Crippen molar-refractivity contribution in [1.29, 1.82) is 0 Å². The van der Waals surface area contributed by atoms with Gasteiger partial charge in [0.15, 0.2) is 0 Å². The van der Waals surface area contributed by atoms with Gasteiger partial charge in [-0.2, -0.15) is 0 Å². The normalized spacial score (nSPS) is 0. The third-order valence-corrected chi connectivity index (χ3v) is 0. The largest absolute Gasteiger partial charge is 0.0776 e. The molecule has 0 aromatic carbocycles. The minimum absolute atomic E-state index is 0. The first-order valence-corrected chi connectivity index (χ1v) is 0. The number of rotatable bonds is 0. The molecule has 0 aliphatic carbocycles. The van der Waals surface area contributed by atoms with Gasteiger partial charge in [-0.25, -0.2) is 0 Å². The Balaban J connectivity index is 0. The molecule has 5 heavy (non-hydrogen) atoms. The maximum atomic E-state index is 0. The topological polar surface area (TPSA) is 0 Å². The van der Waals surface area contributed by atoms with Gasteiger partial charge in [-0.3, -0.25) is 0 Å². The summed E-state index contributed by atoms with van der Waals surface area (Å²) < 4.78 is 0. The Labute approximate surface area is 86.0 Å². The van der Waals surface area contributed by atoms with Crippen molar-refractivity contribution < 1.29 is 0 Å². The van der Waals surface area contributed by atoms with Crippen LogP contribution in [-0.2, 0) is 0 Å². The molecular formula is CH4GePbSiSn. The standard InChI is InChI=1S/CH4.Ge.Pb.Si.Sn/h1H4;;;;. The van der Waals surface area contributed by atoms with E-state index in [1.807, 2.05) is 0 Å². The van der Waals surface area contributed by atoms with Crippen LogP contribution >= 0.6 is 0 Å². The van der Waals surface area contributed by atoms with Crippen LogP contribution in [0.4, 0.5) is 0 Å². The zero-order valence-corrected chi connectivity index (χ0v) is 11.8. The van der Waals surface area contributed by atoms with Crippen molar-refractivity contribution in [1.82, 2.24) is 0 Å². The summed E-state index contributed by atoms with van der Waals surface area (Å²) in [6, 6.07) is 0. The van der Waals surface area contributed by atoms with E-state index in [0.717, 1.165) is 0 Å². The first kappa shape index (κ1) is 51.1. The third-order valence-electron chi connectivity index (χ3n) is 0. The van der Waals surface area contributed by atoms with E-state index in [1.54, 1.807) is 0 Å². The average Bonchev–Trinajstić information content (AvgIpc) is 0. The maximum Gasteiger partial charge on any atom is 0 e. The fourth-order valence-electron chi connectivity index (χ4n) is 0. The van der Waals surface area contributed by atoms with Crippen LogP contribution in [0, 0.1) is 0 Å². The third kappa shape index (κ3) is 21.1. The summed E-state index contributed by atoms with van der Waals surface area (Å²) in [6.07, 6.45) is 0. The fourth-order valence-corrected chi connectivity index (χ4v) is 0. The molecule has 16 radical (unpaired) electrons. The molecule has 0 spiro atoms. The Morgan fingerprint density at radius 2 is 1.00 bits per heavy atom. The van der Waals surface area contributed by atoms with Gasteiger partial charge in [0.05, 0.1) is 0 Å². The Hall–Kier alpha value is 2.48. The maximum absolute atomic E-state index is 0. The predicted octanol–water partition coefficient (Wildman–Crippen LogP) is -0.887. The Bertz CT molecular complexity index is 11.6. The van der Waals surface area contributed by atoms with E-state index < -0.39 is 0 Å². The van der Waals surface area contributed by atoms with Gasteiger partial charge in [-0.05, 0) is 0 Å². The molecule has 0 aromatic heterocycles. The monoisotopic (exact) mass is 446 g/mol. The van der Waals surface area contributed by atoms with E-state index in [-0.39, 0.29) is 87.2 Å². The summed E-state index contributed by atoms with van der Waals surface area (Å²) in [7, 11) is 0. The molecule has 0 nitrogen and oxygen atoms in total. The summed E-state index contributed by atoms with van der Waals surface area (Å²) in [6.45, 7) is 0. The van der Waals surface area contributed by atoms with Crippen molar-refractivity contribution in [3.63, 3.8) is 0 Å². The zero-order valence-electron chi connectivity index (χ0n) is 2.00. The van der Waals surface area contributed by atoms with Crippen molar-refractivity contribution in [2.75, 3.05) is 0 Å². The minimum atomic E-state index is 0. The number of hydrogen-bond acceptors (Lipinski definition) is 0. The summed E-state index contributed by atoms with van der Waals surface area (Å²) in [5.41, 5.74) is 0. The summed E-state index contributed by atoms with van der Waals surface area (Å²) in [5, 5.41) is 0. The second-order valence-corrected chi connectivity index (χ2v) is 0. The molecule has 0 saturated carbocycles. The van der Waals surface area contributed by atoms with Crippen molar-refractivity contribution in [2.24, 2.45) is 0 Å². The molecule has 0 fully saturated rings. The van der Waals surface area contributed by atoms with Gasteiger partial charge < -0.3 is 0 Å². The molecule has 0 heterocycles. The molecule has 0 amide bonds. The van der Waals surface area contributed by atoms with Gasteiger partial charge in [0, 0.05) is 79.8 Å². The van der Waals surface area contributed by atoms with Crippen molar-refractivity contribution >= 4 is 79.8 Å². The summed E-state index contributed by atoms with van der Waals surface area (Å²) >= 11 is 0. The Kier molecular flexibility index (Phi) is 323. The molecule has 0 bridgehead atoms. The molecule has 24 valence electrons. The van der Waals surface area contributed by atoms with Crippen LogP contribution in [-0.4, -0.2) is 79.8 Å². The molecule has 0 saturated heterocycles. The number of hydrogen-bond donors (Lipinski definition) is 0. The molecule has 0 rings (SSSR count). The van der Waals surface area contributed by atoms with E-state index in [4.69, 9.17) is 0 Å². The van der Waals surface area contributed by atoms with Crippen LogP contribution in [0.25, 0.3) is 0 Å². The van der Waals surface area contributed by atoms with Crippen molar-refractivity contribution in [2.45, 2.75) is 7.43 Å². The first-order valence-electron chi connectivity index (χ1n) is 0. The van der Waals surface area contributed by atoms with E-state index in [0.29, 0.717) is 0 Å².